The Balaban J connectivity index is 1.94. The molecule has 39 heavy (non-hydrogen) atoms. The maximum Gasteiger partial charge on any atom is 0.280 e. The number of amides is 1. The largest absolute Gasteiger partial charge is 0.364 e. The Morgan fingerprint density at radius 2 is 1.74 bits per heavy atom. The smallest absolute Gasteiger partial charge is 0.280 e. The highest BCUT2D eigenvalue weighted by atomic mass is 32.2. The summed E-state index contributed by atoms with van der Waals surface area (Å²) in [6, 6.07) is 19.0. The number of nitrogens with two attached hydrogens (primary N) is 1. The first-order valence-corrected chi connectivity index (χ1v) is 14.1. The van der Waals surface area contributed by atoms with Gasteiger partial charge < -0.3 is 10.5 Å². The predicted molar refractivity (Wildman–Crippen MR) is 153 cm³/mol. The van der Waals surface area contributed by atoms with Crippen LogP contribution >= 0.6 is 11.8 Å². The lowest BCUT2D eigenvalue weighted by Gasteiger charge is -2.40. The van der Waals surface area contributed by atoms with Crippen LogP contribution in [0.5, 0.6) is 0 Å². The van der Waals surface area contributed by atoms with Crippen molar-refractivity contribution in [1.82, 2.24) is 5.01 Å². The third-order valence-corrected chi connectivity index (χ3v) is 8.80. The second kappa shape index (κ2) is 12.0. The Hall–Kier alpha value is -3.07. The van der Waals surface area contributed by atoms with Crippen molar-refractivity contribution < 1.29 is 18.3 Å². The Morgan fingerprint density at radius 3 is 2.41 bits per heavy atom. The number of hydrogen-bond acceptors (Lipinski definition) is 5. The number of hydrazone groups is 1. The maximum absolute atomic E-state index is 15.0. The molecule has 0 radical (unpaired) electrons. The molecule has 1 amide bonds. The minimum atomic E-state index is -1.39. The molecule has 0 saturated heterocycles. The standard InChI is InChI=1S/C31H35F2N3O2S/c1-5-21-10-7-12-23(18-21)30(3,38-4)29(37)36-31(16-9-17-34,24-13-8-11-22(6-2)19-24)39-28(35-36)26-20-25(32)14-15-27(26)33/h7-8,10-15,18-20H,5-6,9,16-17,34H2,1-4H3/t30-,31?/m0/s1. The van der Waals surface area contributed by atoms with Gasteiger partial charge in [-0.2, -0.15) is 5.10 Å². The molecule has 1 unspecified atom stereocenters. The molecule has 0 fully saturated rings. The summed E-state index contributed by atoms with van der Waals surface area (Å²) in [5.41, 5.74) is 8.26. The minimum absolute atomic E-state index is 0.00571. The Bertz CT molecular complexity index is 1380. The zero-order chi connectivity index (χ0) is 28.2. The van der Waals surface area contributed by atoms with Crippen molar-refractivity contribution in [2.75, 3.05) is 13.7 Å². The number of carbonyl (C=O) groups excluding carboxylic acids is 1. The van der Waals surface area contributed by atoms with Crippen LogP contribution in [0.15, 0.2) is 71.8 Å². The lowest BCUT2D eigenvalue weighted by atomic mass is 9.90. The molecule has 3 aromatic carbocycles. The first kappa shape index (κ1) is 28.9. The van der Waals surface area contributed by atoms with Gasteiger partial charge in [-0.1, -0.05) is 74.1 Å². The van der Waals surface area contributed by atoms with Crippen LogP contribution in [-0.4, -0.2) is 29.6 Å². The molecule has 206 valence electrons. The first-order valence-electron chi connectivity index (χ1n) is 13.2. The van der Waals surface area contributed by atoms with Gasteiger partial charge in [-0.15, -0.1) is 0 Å². The summed E-state index contributed by atoms with van der Waals surface area (Å²) in [5.74, 6) is -1.60. The zero-order valence-electron chi connectivity index (χ0n) is 22.8. The number of rotatable bonds is 10. The molecule has 2 atom stereocenters. The number of nitrogens with zero attached hydrogens (tertiary/aromatic N) is 2. The van der Waals surface area contributed by atoms with Crippen molar-refractivity contribution in [3.8, 4) is 0 Å². The molecule has 5 nitrogen and oxygen atoms in total. The fourth-order valence-electron chi connectivity index (χ4n) is 4.85. The van der Waals surface area contributed by atoms with E-state index >= 15 is 4.39 Å². The van der Waals surface area contributed by atoms with Crippen molar-refractivity contribution in [3.05, 3.63) is 106 Å². The second-order valence-corrected chi connectivity index (χ2v) is 11.0. The van der Waals surface area contributed by atoms with Crippen LogP contribution in [0.25, 0.3) is 0 Å². The van der Waals surface area contributed by atoms with Gasteiger partial charge in [-0.25, -0.2) is 13.8 Å². The van der Waals surface area contributed by atoms with Gasteiger partial charge in [0.2, 0.25) is 0 Å². The topological polar surface area (TPSA) is 67.9 Å². The fraction of sp³-hybridized carbons (Fsp3) is 0.355. The van der Waals surface area contributed by atoms with E-state index in [4.69, 9.17) is 15.6 Å². The van der Waals surface area contributed by atoms with E-state index in [0.29, 0.717) is 24.9 Å². The maximum atomic E-state index is 15.0. The molecule has 8 heteroatoms. The molecular weight excluding hydrogens is 516 g/mol. The van der Waals surface area contributed by atoms with Gasteiger partial charge in [0.1, 0.15) is 21.5 Å². The van der Waals surface area contributed by atoms with E-state index < -0.39 is 28.0 Å². The second-order valence-electron chi connectivity index (χ2n) is 9.77. The van der Waals surface area contributed by atoms with Gasteiger partial charge in [0, 0.05) is 12.7 Å². The molecule has 4 rings (SSSR count). The van der Waals surface area contributed by atoms with Crippen molar-refractivity contribution in [1.29, 1.82) is 0 Å². The van der Waals surface area contributed by atoms with Crippen molar-refractivity contribution >= 4 is 22.7 Å². The number of thioether (sulfide) groups is 1. The van der Waals surface area contributed by atoms with E-state index in [1.54, 1.807) is 6.92 Å². The monoisotopic (exact) mass is 551 g/mol. The van der Waals surface area contributed by atoms with Crippen LogP contribution in [0.3, 0.4) is 0 Å². The van der Waals surface area contributed by atoms with E-state index in [9.17, 15) is 9.18 Å². The van der Waals surface area contributed by atoms with Crippen molar-refractivity contribution in [3.63, 3.8) is 0 Å². The molecule has 0 bridgehead atoms. The van der Waals surface area contributed by atoms with E-state index in [1.165, 1.54) is 23.9 Å². The quantitative estimate of drug-likeness (QED) is 0.313. The van der Waals surface area contributed by atoms with Crippen LogP contribution in [-0.2, 0) is 32.8 Å². The lowest BCUT2D eigenvalue weighted by Crippen LogP contribution is -2.50. The van der Waals surface area contributed by atoms with Crippen molar-refractivity contribution in [2.24, 2.45) is 10.8 Å². The van der Waals surface area contributed by atoms with E-state index in [0.717, 1.165) is 47.7 Å². The average Bonchev–Trinajstić information content (AvgIpc) is 3.36. The summed E-state index contributed by atoms with van der Waals surface area (Å²) >= 11 is 1.25. The number of halogens is 2. The summed E-state index contributed by atoms with van der Waals surface area (Å²) in [5, 5.41) is 6.36. The van der Waals surface area contributed by atoms with Crippen LogP contribution < -0.4 is 5.73 Å². The highest BCUT2D eigenvalue weighted by Gasteiger charge is 2.53. The van der Waals surface area contributed by atoms with Gasteiger partial charge in [-0.3, -0.25) is 4.79 Å². The summed E-state index contributed by atoms with van der Waals surface area (Å²) in [6.45, 7) is 6.22. The van der Waals surface area contributed by atoms with E-state index in [1.807, 2.05) is 55.5 Å². The molecule has 1 heterocycles. The summed E-state index contributed by atoms with van der Waals surface area (Å²) in [7, 11) is 1.50. The van der Waals surface area contributed by atoms with Crippen LogP contribution in [0.4, 0.5) is 8.78 Å². The molecule has 0 aliphatic carbocycles. The highest BCUT2D eigenvalue weighted by molar-refractivity contribution is 8.15. The number of carbonyl (C=O) groups is 1. The molecule has 0 aromatic heterocycles. The molecule has 1 aliphatic heterocycles. The predicted octanol–water partition coefficient (Wildman–Crippen LogP) is 6.48. The molecule has 3 aromatic rings. The normalized spacial score (nSPS) is 18.6. The summed E-state index contributed by atoms with van der Waals surface area (Å²) in [6.07, 6.45) is 2.63. The van der Waals surface area contributed by atoms with Crippen LogP contribution in [0.2, 0.25) is 0 Å². The lowest BCUT2D eigenvalue weighted by molar-refractivity contribution is -0.158. The Kier molecular flexibility index (Phi) is 8.89. The molecule has 0 spiro atoms. The van der Waals surface area contributed by atoms with Gasteiger partial charge >= 0.3 is 0 Å². The van der Waals surface area contributed by atoms with Gasteiger partial charge in [0.25, 0.3) is 5.91 Å². The number of aryl methyl sites for hydroxylation is 2. The third kappa shape index (κ3) is 5.51. The van der Waals surface area contributed by atoms with Crippen LogP contribution in [0.1, 0.15) is 61.4 Å². The molecule has 2 N–H and O–H groups in total. The van der Waals surface area contributed by atoms with E-state index in [-0.39, 0.29) is 10.6 Å². The first-order chi connectivity index (χ1) is 18.7. The van der Waals surface area contributed by atoms with Crippen molar-refractivity contribution in [2.45, 2.75) is 56.9 Å². The minimum Gasteiger partial charge on any atom is -0.364 e. The molecule has 0 saturated carbocycles. The summed E-state index contributed by atoms with van der Waals surface area (Å²) in [4.78, 5) is 13.6. The van der Waals surface area contributed by atoms with E-state index in [2.05, 4.69) is 6.92 Å². The Labute approximate surface area is 233 Å². The average molecular weight is 552 g/mol. The molecular formula is C31H35F2N3O2S. The number of benzene rings is 3. The van der Waals surface area contributed by atoms with Gasteiger partial charge in [-0.05, 0) is 79.6 Å². The Morgan fingerprint density at radius 1 is 1.05 bits per heavy atom. The highest BCUT2D eigenvalue weighted by Crippen LogP contribution is 2.52. The third-order valence-electron chi connectivity index (χ3n) is 7.36. The zero-order valence-corrected chi connectivity index (χ0v) is 23.7. The fourth-order valence-corrected chi connectivity index (χ4v) is 6.26. The summed E-state index contributed by atoms with van der Waals surface area (Å²) < 4.78 is 35.2. The number of ether oxygens (including phenoxy) is 1. The number of hydrogen-bond donors (Lipinski definition) is 1. The molecule has 1 aliphatic rings. The van der Waals surface area contributed by atoms with Gasteiger partial charge in [0.15, 0.2) is 5.60 Å². The SMILES string of the molecule is CCc1cccc(C2(CCCN)SC(c3cc(F)ccc3F)=NN2C(=O)[C@@](C)(OC)c2cccc(CC)c2)c1. The van der Waals surface area contributed by atoms with Crippen LogP contribution in [0, 0.1) is 11.6 Å². The van der Waals surface area contributed by atoms with Gasteiger partial charge in [0.05, 0.1) is 0 Å². The number of methoxy groups -OCH3 is 1.